The zero-order chi connectivity index (χ0) is 30.9. The van der Waals surface area contributed by atoms with E-state index in [4.69, 9.17) is 8.83 Å². The zero-order valence-electron chi connectivity index (χ0n) is 25.4. The number of hydrogen-bond donors (Lipinski definition) is 0. The van der Waals surface area contributed by atoms with E-state index in [9.17, 15) is 0 Å². The van der Waals surface area contributed by atoms with Gasteiger partial charge < -0.3 is 13.7 Å². The molecule has 2 heterocycles. The molecule has 0 radical (unpaired) electrons. The first-order chi connectivity index (χ1) is 23.3. The second kappa shape index (κ2) is 10.1. The topological polar surface area (TPSA) is 29.5 Å². The third-order valence-corrected chi connectivity index (χ3v) is 9.43. The van der Waals surface area contributed by atoms with Crippen LogP contribution in [0, 0.1) is 0 Å². The van der Waals surface area contributed by atoms with E-state index in [0.717, 1.165) is 60.9 Å². The van der Waals surface area contributed by atoms with Gasteiger partial charge in [0.05, 0.1) is 0 Å². The van der Waals surface area contributed by atoms with Crippen molar-refractivity contribution in [1.82, 2.24) is 0 Å². The van der Waals surface area contributed by atoms with Gasteiger partial charge >= 0.3 is 0 Å². The molecular weight excluding hydrogens is 574 g/mol. The zero-order valence-corrected chi connectivity index (χ0v) is 25.4. The average Bonchev–Trinajstić information content (AvgIpc) is 3.69. The van der Waals surface area contributed by atoms with Crippen LogP contribution in [0.5, 0.6) is 0 Å². The van der Waals surface area contributed by atoms with E-state index < -0.39 is 0 Å². The van der Waals surface area contributed by atoms with Crippen molar-refractivity contribution in [2.75, 3.05) is 4.90 Å². The molecule has 0 N–H and O–H groups in total. The third kappa shape index (κ3) is 4.14. The lowest BCUT2D eigenvalue weighted by Gasteiger charge is -2.26. The highest BCUT2D eigenvalue weighted by Gasteiger charge is 2.17. The Morgan fingerprint density at radius 3 is 1.62 bits per heavy atom. The van der Waals surface area contributed by atoms with Crippen molar-refractivity contribution in [2.45, 2.75) is 0 Å². The molecule has 220 valence electrons. The van der Waals surface area contributed by atoms with Gasteiger partial charge in [0.2, 0.25) is 0 Å². The molecule has 0 aliphatic carbocycles. The van der Waals surface area contributed by atoms with E-state index in [0.29, 0.717) is 0 Å². The summed E-state index contributed by atoms with van der Waals surface area (Å²) < 4.78 is 12.7. The highest BCUT2D eigenvalue weighted by Crippen LogP contribution is 2.42. The SMILES string of the molecule is c1ccc(-c2ccc(N(c3ccc4c(c3)oc3ccccc34)c3ccc4ccc5cc6c(cc5c4c3)oc3ccccc36)cc2)cc1. The number of furan rings is 2. The van der Waals surface area contributed by atoms with Gasteiger partial charge in [0.1, 0.15) is 22.3 Å². The van der Waals surface area contributed by atoms with Gasteiger partial charge in [0.25, 0.3) is 0 Å². The number of rotatable bonds is 4. The molecule has 2 aromatic heterocycles. The van der Waals surface area contributed by atoms with E-state index in [-0.39, 0.29) is 0 Å². The minimum atomic E-state index is 0.869. The van der Waals surface area contributed by atoms with Crippen LogP contribution < -0.4 is 4.90 Å². The molecule has 0 spiro atoms. The summed E-state index contributed by atoms with van der Waals surface area (Å²) in [5.41, 5.74) is 9.12. The van der Waals surface area contributed by atoms with Crippen LogP contribution in [-0.2, 0) is 0 Å². The first kappa shape index (κ1) is 26.0. The van der Waals surface area contributed by atoms with Gasteiger partial charge in [-0.2, -0.15) is 0 Å². The highest BCUT2D eigenvalue weighted by atomic mass is 16.3. The lowest BCUT2D eigenvalue weighted by atomic mass is 9.99. The average molecular weight is 602 g/mol. The number of nitrogens with zero attached hydrogens (tertiary/aromatic N) is 1. The Hall–Kier alpha value is -6.32. The first-order valence-electron chi connectivity index (χ1n) is 15.9. The summed E-state index contributed by atoms with van der Waals surface area (Å²) in [5.74, 6) is 0. The molecule has 0 aliphatic heterocycles. The molecule has 0 aliphatic rings. The summed E-state index contributed by atoms with van der Waals surface area (Å²) in [7, 11) is 0. The maximum Gasteiger partial charge on any atom is 0.137 e. The Kier molecular flexibility index (Phi) is 5.57. The monoisotopic (exact) mass is 601 g/mol. The summed E-state index contributed by atoms with van der Waals surface area (Å²) in [6, 6.07) is 58.0. The van der Waals surface area contributed by atoms with E-state index in [1.54, 1.807) is 0 Å². The maximum atomic E-state index is 6.35. The van der Waals surface area contributed by atoms with Crippen LogP contribution in [0.4, 0.5) is 17.1 Å². The van der Waals surface area contributed by atoms with Crippen LogP contribution >= 0.6 is 0 Å². The predicted molar refractivity (Wildman–Crippen MR) is 196 cm³/mol. The summed E-state index contributed by atoms with van der Waals surface area (Å²) in [6.45, 7) is 0. The van der Waals surface area contributed by atoms with E-state index in [1.807, 2.05) is 24.3 Å². The fourth-order valence-electron chi connectivity index (χ4n) is 7.14. The molecule has 8 aromatic carbocycles. The highest BCUT2D eigenvalue weighted by molar-refractivity contribution is 6.16. The molecule has 10 rings (SSSR count). The largest absolute Gasteiger partial charge is 0.456 e. The van der Waals surface area contributed by atoms with Crippen molar-refractivity contribution in [1.29, 1.82) is 0 Å². The van der Waals surface area contributed by atoms with Crippen LogP contribution in [0.25, 0.3) is 76.5 Å². The summed E-state index contributed by atoms with van der Waals surface area (Å²) in [4.78, 5) is 2.32. The minimum absolute atomic E-state index is 0.869. The molecule has 0 unspecified atom stereocenters. The first-order valence-corrected chi connectivity index (χ1v) is 15.9. The second-order valence-electron chi connectivity index (χ2n) is 12.2. The van der Waals surface area contributed by atoms with Crippen molar-refractivity contribution in [2.24, 2.45) is 0 Å². The number of para-hydroxylation sites is 2. The lowest BCUT2D eigenvalue weighted by molar-refractivity contribution is 0.669. The Bertz CT molecular complexity index is 2790. The van der Waals surface area contributed by atoms with Gasteiger partial charge in [-0.1, -0.05) is 97.1 Å². The van der Waals surface area contributed by atoms with Crippen LogP contribution in [0.1, 0.15) is 0 Å². The molecule has 10 aromatic rings. The van der Waals surface area contributed by atoms with Crippen molar-refractivity contribution in [3.8, 4) is 11.1 Å². The fraction of sp³-hybridized carbons (Fsp3) is 0. The van der Waals surface area contributed by atoms with Crippen LogP contribution in [0.3, 0.4) is 0 Å². The van der Waals surface area contributed by atoms with E-state index in [1.165, 1.54) is 32.7 Å². The molecule has 0 amide bonds. The summed E-state index contributed by atoms with van der Waals surface area (Å²) in [5, 5.41) is 9.25. The smallest absolute Gasteiger partial charge is 0.137 e. The van der Waals surface area contributed by atoms with Crippen LogP contribution in [0.2, 0.25) is 0 Å². The van der Waals surface area contributed by atoms with Gasteiger partial charge in [0.15, 0.2) is 0 Å². The minimum Gasteiger partial charge on any atom is -0.456 e. The molecule has 3 heteroatoms. The van der Waals surface area contributed by atoms with Gasteiger partial charge in [-0.15, -0.1) is 0 Å². The molecule has 0 fully saturated rings. The Morgan fingerprint density at radius 1 is 0.298 bits per heavy atom. The second-order valence-corrected chi connectivity index (χ2v) is 12.2. The molecular formula is C44H27NO2. The number of benzene rings is 8. The standard InChI is InChI=1S/C44H27NO2/c1-2-8-28(9-3-1)29-16-19-32(20-17-29)45(34-22-23-37-35-10-4-6-12-41(35)46-43(37)26-34)33-21-18-30-14-15-31-24-40-36-11-5-7-13-42(36)47-44(40)27-39(31)38(30)25-33/h1-27H. The molecule has 0 atom stereocenters. The lowest BCUT2D eigenvalue weighted by Crippen LogP contribution is -2.09. The number of fused-ring (bicyclic) bond motifs is 9. The Balaban J connectivity index is 1.18. The molecule has 47 heavy (non-hydrogen) atoms. The van der Waals surface area contributed by atoms with Crippen LogP contribution in [0.15, 0.2) is 173 Å². The molecule has 0 bridgehead atoms. The molecule has 0 saturated heterocycles. The number of hydrogen-bond acceptors (Lipinski definition) is 3. The van der Waals surface area contributed by atoms with Gasteiger partial charge in [-0.3, -0.25) is 0 Å². The summed E-state index contributed by atoms with van der Waals surface area (Å²) >= 11 is 0. The predicted octanol–water partition coefficient (Wildman–Crippen LogP) is 12.9. The third-order valence-electron chi connectivity index (χ3n) is 9.43. The van der Waals surface area contributed by atoms with Gasteiger partial charge in [-0.05, 0) is 93.3 Å². The quantitative estimate of drug-likeness (QED) is 0.188. The van der Waals surface area contributed by atoms with Crippen molar-refractivity contribution < 1.29 is 8.83 Å². The molecule has 0 saturated carbocycles. The molecule has 3 nitrogen and oxygen atoms in total. The van der Waals surface area contributed by atoms with Crippen molar-refractivity contribution in [3.63, 3.8) is 0 Å². The number of anilines is 3. The maximum absolute atomic E-state index is 6.35. The normalized spacial score (nSPS) is 11.8. The van der Waals surface area contributed by atoms with Gasteiger partial charge in [-0.25, -0.2) is 0 Å². The van der Waals surface area contributed by atoms with Crippen LogP contribution in [-0.4, -0.2) is 0 Å². The Morgan fingerprint density at radius 2 is 0.830 bits per heavy atom. The summed E-state index contributed by atoms with van der Waals surface area (Å²) in [6.07, 6.45) is 0. The Labute approximate surface area is 270 Å². The van der Waals surface area contributed by atoms with Crippen molar-refractivity contribution >= 4 is 82.5 Å². The van der Waals surface area contributed by atoms with E-state index in [2.05, 4.69) is 144 Å². The van der Waals surface area contributed by atoms with Crippen molar-refractivity contribution in [3.05, 3.63) is 164 Å². The fourth-order valence-corrected chi connectivity index (χ4v) is 7.14. The van der Waals surface area contributed by atoms with Gasteiger partial charge in [0, 0.05) is 44.7 Å². The van der Waals surface area contributed by atoms with E-state index >= 15 is 0 Å².